The quantitative estimate of drug-likeness (QED) is 0.710. The Labute approximate surface area is 126 Å². The Balaban J connectivity index is 2.17. The largest absolute Gasteiger partial charge is 0.295 e. The maximum Gasteiger partial charge on any atom is 0.144 e. The molecule has 0 fully saturated rings. The third kappa shape index (κ3) is 3.64. The summed E-state index contributed by atoms with van der Waals surface area (Å²) >= 11 is 3.10. The average molecular weight is 340 g/mol. The molecule has 0 aliphatic carbocycles. The summed E-state index contributed by atoms with van der Waals surface area (Å²) in [4.78, 5) is 2.00. The second kappa shape index (κ2) is 6.95. The van der Waals surface area contributed by atoms with E-state index in [0.717, 1.165) is 12.1 Å². The normalized spacial score (nSPS) is 11.1. The van der Waals surface area contributed by atoms with Gasteiger partial charge in [-0.15, -0.1) is 0 Å². The summed E-state index contributed by atoms with van der Waals surface area (Å²) in [5.41, 5.74) is 1.24. The fourth-order valence-electron chi connectivity index (χ4n) is 2.06. The van der Waals surface area contributed by atoms with Gasteiger partial charge in [0.25, 0.3) is 0 Å². The lowest BCUT2D eigenvalue weighted by atomic mass is 10.1. The van der Waals surface area contributed by atoms with Crippen molar-refractivity contribution >= 4 is 15.9 Å². The van der Waals surface area contributed by atoms with E-state index in [1.54, 1.807) is 0 Å². The van der Waals surface area contributed by atoms with E-state index in [9.17, 15) is 8.78 Å². The van der Waals surface area contributed by atoms with Crippen LogP contribution in [0.5, 0.6) is 0 Å². The maximum atomic E-state index is 14.0. The van der Waals surface area contributed by atoms with E-state index >= 15 is 0 Å². The Bertz CT molecular complexity index is 572. The second-order valence-electron chi connectivity index (χ2n) is 4.61. The minimum absolute atomic E-state index is 0.108. The molecule has 2 rings (SSSR count). The van der Waals surface area contributed by atoms with Gasteiger partial charge in [-0.1, -0.05) is 37.3 Å². The monoisotopic (exact) mass is 339 g/mol. The standard InChI is InChI=1S/C16H16BrF2N/c1-2-20(10-12-6-4-3-5-7-12)11-13-15(18)9-8-14(17)16(13)19/h3-9H,2,10-11H2,1H3. The first-order valence-electron chi connectivity index (χ1n) is 6.50. The predicted octanol–water partition coefficient (Wildman–Crippen LogP) is 4.75. The van der Waals surface area contributed by atoms with E-state index in [1.807, 2.05) is 42.2 Å². The molecule has 0 aliphatic heterocycles. The molecule has 4 heteroatoms. The molecule has 0 unspecified atom stereocenters. The van der Waals surface area contributed by atoms with Gasteiger partial charge in [0.1, 0.15) is 11.6 Å². The SMILES string of the molecule is CCN(Cc1ccccc1)Cc1c(F)ccc(Br)c1F. The molecule has 0 N–H and O–H groups in total. The first-order valence-corrected chi connectivity index (χ1v) is 7.29. The van der Waals surface area contributed by atoms with Crippen molar-refractivity contribution in [2.75, 3.05) is 6.54 Å². The van der Waals surface area contributed by atoms with Crippen LogP contribution >= 0.6 is 15.9 Å². The number of hydrogen-bond donors (Lipinski definition) is 0. The smallest absolute Gasteiger partial charge is 0.144 e. The van der Waals surface area contributed by atoms with Crippen LogP contribution in [0.2, 0.25) is 0 Å². The first kappa shape index (κ1) is 15.1. The highest BCUT2D eigenvalue weighted by Gasteiger charge is 2.15. The van der Waals surface area contributed by atoms with Crippen molar-refractivity contribution in [2.45, 2.75) is 20.0 Å². The Kier molecular flexibility index (Phi) is 5.26. The lowest BCUT2D eigenvalue weighted by Gasteiger charge is -2.21. The fraction of sp³-hybridized carbons (Fsp3) is 0.250. The van der Waals surface area contributed by atoms with E-state index in [4.69, 9.17) is 0 Å². The topological polar surface area (TPSA) is 3.24 Å². The minimum atomic E-state index is -0.517. The molecule has 0 radical (unpaired) electrons. The van der Waals surface area contributed by atoms with E-state index in [2.05, 4.69) is 15.9 Å². The highest BCUT2D eigenvalue weighted by atomic mass is 79.9. The molecule has 0 bridgehead atoms. The lowest BCUT2D eigenvalue weighted by Crippen LogP contribution is -2.23. The van der Waals surface area contributed by atoms with E-state index in [-0.39, 0.29) is 12.1 Å². The first-order chi connectivity index (χ1) is 9.61. The molecular formula is C16H16BrF2N. The van der Waals surface area contributed by atoms with E-state index in [0.29, 0.717) is 11.0 Å². The van der Waals surface area contributed by atoms with Crippen molar-refractivity contribution in [3.8, 4) is 0 Å². The van der Waals surface area contributed by atoms with Crippen molar-refractivity contribution in [2.24, 2.45) is 0 Å². The molecule has 0 saturated carbocycles. The van der Waals surface area contributed by atoms with Gasteiger partial charge < -0.3 is 0 Å². The van der Waals surface area contributed by atoms with Crippen LogP contribution in [-0.4, -0.2) is 11.4 Å². The van der Waals surface area contributed by atoms with Gasteiger partial charge in [0.15, 0.2) is 0 Å². The summed E-state index contributed by atoms with van der Waals surface area (Å²) in [6.07, 6.45) is 0. The number of hydrogen-bond acceptors (Lipinski definition) is 1. The fourth-order valence-corrected chi connectivity index (χ4v) is 2.43. The van der Waals surface area contributed by atoms with Crippen molar-refractivity contribution < 1.29 is 8.78 Å². The highest BCUT2D eigenvalue weighted by Crippen LogP contribution is 2.23. The Morgan fingerprint density at radius 2 is 1.70 bits per heavy atom. The van der Waals surface area contributed by atoms with Gasteiger partial charge in [-0.25, -0.2) is 8.78 Å². The van der Waals surface area contributed by atoms with Gasteiger partial charge in [0.2, 0.25) is 0 Å². The molecule has 2 aromatic rings. The zero-order chi connectivity index (χ0) is 14.5. The van der Waals surface area contributed by atoms with Crippen LogP contribution in [0.15, 0.2) is 46.9 Å². The molecule has 1 nitrogen and oxygen atoms in total. The molecule has 2 aromatic carbocycles. The van der Waals surface area contributed by atoms with Gasteiger partial charge in [0, 0.05) is 18.7 Å². The summed E-state index contributed by atoms with van der Waals surface area (Å²) < 4.78 is 28.1. The summed E-state index contributed by atoms with van der Waals surface area (Å²) in [5.74, 6) is -1.02. The number of benzene rings is 2. The molecule has 0 spiro atoms. The van der Waals surface area contributed by atoms with Gasteiger partial charge in [-0.3, -0.25) is 4.90 Å². The van der Waals surface area contributed by atoms with Crippen LogP contribution in [0.1, 0.15) is 18.1 Å². The van der Waals surface area contributed by atoms with Gasteiger partial charge >= 0.3 is 0 Å². The molecule has 0 amide bonds. The van der Waals surface area contributed by atoms with Crippen molar-refractivity contribution in [3.05, 3.63) is 69.7 Å². The number of nitrogens with zero attached hydrogens (tertiary/aromatic N) is 1. The summed E-state index contributed by atoms with van der Waals surface area (Å²) in [7, 11) is 0. The summed E-state index contributed by atoms with van der Waals surface area (Å²) in [5, 5.41) is 0. The van der Waals surface area contributed by atoms with Crippen molar-refractivity contribution in [1.82, 2.24) is 4.90 Å². The van der Waals surface area contributed by atoms with Crippen LogP contribution in [0.3, 0.4) is 0 Å². The Morgan fingerprint density at radius 3 is 2.35 bits per heavy atom. The van der Waals surface area contributed by atoms with Crippen LogP contribution < -0.4 is 0 Å². The molecule has 0 saturated heterocycles. The van der Waals surface area contributed by atoms with Crippen molar-refractivity contribution in [3.63, 3.8) is 0 Å². The van der Waals surface area contributed by atoms with Gasteiger partial charge in [-0.05, 0) is 40.2 Å². The molecular weight excluding hydrogens is 324 g/mol. The van der Waals surface area contributed by atoms with Crippen LogP contribution in [0.25, 0.3) is 0 Å². The molecule has 0 atom stereocenters. The van der Waals surface area contributed by atoms with Crippen LogP contribution in [0.4, 0.5) is 8.78 Å². The molecule has 0 heterocycles. The van der Waals surface area contributed by atoms with E-state index < -0.39 is 11.6 Å². The zero-order valence-electron chi connectivity index (χ0n) is 11.2. The van der Waals surface area contributed by atoms with Crippen molar-refractivity contribution in [1.29, 1.82) is 0 Å². The van der Waals surface area contributed by atoms with Gasteiger partial charge in [-0.2, -0.15) is 0 Å². The zero-order valence-corrected chi connectivity index (χ0v) is 12.8. The summed E-state index contributed by atoms with van der Waals surface area (Å²) in [6, 6.07) is 12.6. The highest BCUT2D eigenvalue weighted by molar-refractivity contribution is 9.10. The van der Waals surface area contributed by atoms with E-state index in [1.165, 1.54) is 12.1 Å². The third-order valence-corrected chi connectivity index (χ3v) is 3.83. The Morgan fingerprint density at radius 1 is 1.00 bits per heavy atom. The minimum Gasteiger partial charge on any atom is -0.295 e. The van der Waals surface area contributed by atoms with Gasteiger partial charge in [0.05, 0.1) is 4.47 Å². The van der Waals surface area contributed by atoms with Crippen LogP contribution in [0, 0.1) is 11.6 Å². The second-order valence-corrected chi connectivity index (χ2v) is 5.46. The molecule has 20 heavy (non-hydrogen) atoms. The predicted molar refractivity (Wildman–Crippen MR) is 80.3 cm³/mol. The number of rotatable bonds is 5. The molecule has 106 valence electrons. The summed E-state index contributed by atoms with van der Waals surface area (Å²) in [6.45, 7) is 3.63. The van der Waals surface area contributed by atoms with Crippen LogP contribution in [-0.2, 0) is 13.1 Å². The number of halogens is 3. The lowest BCUT2D eigenvalue weighted by molar-refractivity contribution is 0.262. The molecule has 0 aliphatic rings. The average Bonchev–Trinajstić information content (AvgIpc) is 2.47. The third-order valence-electron chi connectivity index (χ3n) is 3.22. The Hall–Kier alpha value is -1.26. The maximum absolute atomic E-state index is 14.0. The molecule has 0 aromatic heterocycles.